The summed E-state index contributed by atoms with van der Waals surface area (Å²) in [6, 6.07) is 0. The van der Waals surface area contributed by atoms with Crippen LogP contribution in [0.5, 0.6) is 0 Å². The van der Waals surface area contributed by atoms with Gasteiger partial charge in [0, 0.05) is 12.4 Å². The molecule has 0 aliphatic carbocycles. The van der Waals surface area contributed by atoms with E-state index in [0.717, 1.165) is 18.8 Å². The number of rotatable bonds is 4. The molecule has 0 radical (unpaired) electrons. The van der Waals surface area contributed by atoms with Crippen LogP contribution in [0.25, 0.3) is 0 Å². The Bertz CT molecular complexity index is 152. The SMILES string of the molecule is CN(CCCl)CC1=COCO1.Cl. The van der Waals surface area contributed by atoms with Crippen molar-refractivity contribution < 1.29 is 9.47 Å². The van der Waals surface area contributed by atoms with Crippen LogP contribution in [-0.4, -0.2) is 37.7 Å². The van der Waals surface area contributed by atoms with Crippen molar-refractivity contribution in [2.75, 3.05) is 32.8 Å². The third-order valence-corrected chi connectivity index (χ3v) is 1.59. The Morgan fingerprint density at radius 2 is 2.42 bits per heavy atom. The van der Waals surface area contributed by atoms with Gasteiger partial charge in [-0.05, 0) is 7.05 Å². The average Bonchev–Trinajstić information content (AvgIpc) is 2.40. The van der Waals surface area contributed by atoms with Gasteiger partial charge in [-0.1, -0.05) is 0 Å². The number of alkyl halides is 1. The lowest BCUT2D eigenvalue weighted by molar-refractivity contribution is 0.0744. The second kappa shape index (κ2) is 6.40. The van der Waals surface area contributed by atoms with Crippen LogP contribution in [0.1, 0.15) is 0 Å². The van der Waals surface area contributed by atoms with Crippen LogP contribution in [0.4, 0.5) is 0 Å². The highest BCUT2D eigenvalue weighted by molar-refractivity contribution is 6.18. The lowest BCUT2D eigenvalue weighted by atomic mass is 10.5. The number of hydrogen-bond acceptors (Lipinski definition) is 3. The summed E-state index contributed by atoms with van der Waals surface area (Å²) in [6.07, 6.45) is 1.64. The molecule has 12 heavy (non-hydrogen) atoms. The number of hydrogen-bond donors (Lipinski definition) is 0. The van der Waals surface area contributed by atoms with Crippen molar-refractivity contribution in [2.45, 2.75) is 0 Å². The van der Waals surface area contributed by atoms with E-state index in [2.05, 4.69) is 4.90 Å². The first-order valence-corrected chi connectivity index (χ1v) is 4.04. The molecule has 1 aliphatic heterocycles. The largest absolute Gasteiger partial charge is 0.462 e. The maximum Gasteiger partial charge on any atom is 0.229 e. The van der Waals surface area contributed by atoms with Crippen LogP contribution < -0.4 is 0 Å². The fraction of sp³-hybridized carbons (Fsp3) is 0.714. The summed E-state index contributed by atoms with van der Waals surface area (Å²) >= 11 is 5.55. The van der Waals surface area contributed by atoms with E-state index in [1.807, 2.05) is 7.05 Å². The van der Waals surface area contributed by atoms with E-state index in [9.17, 15) is 0 Å². The minimum atomic E-state index is 0. The molecule has 0 saturated carbocycles. The first-order chi connectivity index (χ1) is 5.33. The first-order valence-electron chi connectivity index (χ1n) is 3.51. The summed E-state index contributed by atoms with van der Waals surface area (Å²) in [7, 11) is 1.99. The predicted molar refractivity (Wildman–Crippen MR) is 50.6 cm³/mol. The fourth-order valence-corrected chi connectivity index (χ4v) is 1.13. The van der Waals surface area contributed by atoms with Gasteiger partial charge in [-0.2, -0.15) is 0 Å². The molecule has 0 fully saturated rings. The summed E-state index contributed by atoms with van der Waals surface area (Å²) < 4.78 is 10.0. The zero-order valence-corrected chi connectivity index (χ0v) is 8.53. The summed E-state index contributed by atoms with van der Waals surface area (Å²) in [5.74, 6) is 1.52. The second-order valence-corrected chi connectivity index (χ2v) is 2.82. The molecule has 0 aromatic carbocycles. The molecule has 1 aliphatic rings. The predicted octanol–water partition coefficient (Wildman–Crippen LogP) is 1.42. The molecule has 0 amide bonds. The van der Waals surface area contributed by atoms with Gasteiger partial charge in [0.05, 0.1) is 6.54 Å². The highest BCUT2D eigenvalue weighted by atomic mass is 35.5. The lowest BCUT2D eigenvalue weighted by Gasteiger charge is -2.13. The standard InChI is InChI=1S/C7H12ClNO2.ClH/c1-9(3-2-8)4-7-5-10-6-11-7;/h5H,2-4,6H2,1H3;1H. The smallest absolute Gasteiger partial charge is 0.229 e. The van der Waals surface area contributed by atoms with Crippen molar-refractivity contribution in [3.63, 3.8) is 0 Å². The van der Waals surface area contributed by atoms with Crippen molar-refractivity contribution in [2.24, 2.45) is 0 Å². The highest BCUT2D eigenvalue weighted by Crippen LogP contribution is 2.07. The molecular weight excluding hydrogens is 201 g/mol. The normalized spacial score (nSPS) is 14.8. The quantitative estimate of drug-likeness (QED) is 0.660. The molecule has 0 aromatic rings. The third-order valence-electron chi connectivity index (χ3n) is 1.42. The number of halogens is 2. The lowest BCUT2D eigenvalue weighted by Crippen LogP contribution is -2.23. The van der Waals surface area contributed by atoms with Crippen molar-refractivity contribution >= 4 is 24.0 Å². The van der Waals surface area contributed by atoms with Crippen molar-refractivity contribution in [3.05, 3.63) is 12.0 Å². The molecule has 72 valence electrons. The molecule has 0 saturated heterocycles. The van der Waals surface area contributed by atoms with Gasteiger partial charge in [-0.15, -0.1) is 24.0 Å². The van der Waals surface area contributed by atoms with Gasteiger partial charge in [0.15, 0.2) is 0 Å². The Morgan fingerprint density at radius 3 is 2.92 bits per heavy atom. The van der Waals surface area contributed by atoms with E-state index in [1.54, 1.807) is 6.26 Å². The molecule has 0 bridgehead atoms. The molecule has 0 aromatic heterocycles. The van der Waals surface area contributed by atoms with Gasteiger partial charge < -0.3 is 9.47 Å². The summed E-state index contributed by atoms with van der Waals surface area (Å²) in [5, 5.41) is 0. The zero-order chi connectivity index (χ0) is 8.10. The second-order valence-electron chi connectivity index (χ2n) is 2.44. The Labute approximate surface area is 83.7 Å². The Balaban J connectivity index is 0.00000121. The summed E-state index contributed by atoms with van der Waals surface area (Å²) in [5.41, 5.74) is 0. The van der Waals surface area contributed by atoms with Crippen LogP contribution in [0, 0.1) is 0 Å². The van der Waals surface area contributed by atoms with Gasteiger partial charge in [0.2, 0.25) is 6.79 Å². The van der Waals surface area contributed by atoms with E-state index < -0.39 is 0 Å². The van der Waals surface area contributed by atoms with Crippen molar-refractivity contribution in [1.29, 1.82) is 0 Å². The minimum Gasteiger partial charge on any atom is -0.462 e. The molecule has 0 spiro atoms. The van der Waals surface area contributed by atoms with Crippen molar-refractivity contribution in [1.82, 2.24) is 4.90 Å². The molecule has 0 N–H and O–H groups in total. The Morgan fingerprint density at radius 1 is 1.67 bits per heavy atom. The maximum atomic E-state index is 5.55. The van der Waals surface area contributed by atoms with E-state index in [4.69, 9.17) is 21.1 Å². The summed E-state index contributed by atoms with van der Waals surface area (Å²) in [6.45, 7) is 1.99. The Hall–Kier alpha value is -0.120. The fourth-order valence-electron chi connectivity index (χ4n) is 0.843. The summed E-state index contributed by atoms with van der Waals surface area (Å²) in [4.78, 5) is 2.08. The zero-order valence-electron chi connectivity index (χ0n) is 6.96. The van der Waals surface area contributed by atoms with Crippen LogP contribution in [-0.2, 0) is 9.47 Å². The van der Waals surface area contributed by atoms with E-state index in [1.165, 1.54) is 0 Å². The van der Waals surface area contributed by atoms with Gasteiger partial charge in [-0.25, -0.2) is 0 Å². The number of likely N-dealkylation sites (N-methyl/N-ethyl adjacent to an activating group) is 1. The van der Waals surface area contributed by atoms with Crippen molar-refractivity contribution in [3.8, 4) is 0 Å². The van der Waals surface area contributed by atoms with Gasteiger partial charge in [0.1, 0.15) is 12.0 Å². The van der Waals surface area contributed by atoms with Crippen LogP contribution >= 0.6 is 24.0 Å². The van der Waals surface area contributed by atoms with Crippen LogP contribution in [0.3, 0.4) is 0 Å². The Kier molecular flexibility index (Phi) is 6.34. The molecule has 0 atom stereocenters. The molecule has 0 unspecified atom stereocenters. The number of nitrogens with zero attached hydrogens (tertiary/aromatic N) is 1. The monoisotopic (exact) mass is 213 g/mol. The van der Waals surface area contributed by atoms with Crippen LogP contribution in [0.15, 0.2) is 12.0 Å². The minimum absolute atomic E-state index is 0. The topological polar surface area (TPSA) is 21.7 Å². The molecule has 5 heteroatoms. The van der Waals surface area contributed by atoms with Crippen LogP contribution in [0.2, 0.25) is 0 Å². The first kappa shape index (κ1) is 11.9. The molecule has 3 nitrogen and oxygen atoms in total. The highest BCUT2D eigenvalue weighted by Gasteiger charge is 2.08. The molecular formula is C7H13Cl2NO2. The molecule has 1 rings (SSSR count). The van der Waals surface area contributed by atoms with Gasteiger partial charge in [0.25, 0.3) is 0 Å². The molecule has 1 heterocycles. The van der Waals surface area contributed by atoms with E-state index >= 15 is 0 Å². The van der Waals surface area contributed by atoms with Gasteiger partial charge >= 0.3 is 0 Å². The maximum absolute atomic E-state index is 5.55. The van der Waals surface area contributed by atoms with Gasteiger partial charge in [-0.3, -0.25) is 4.90 Å². The average molecular weight is 214 g/mol. The number of ether oxygens (including phenoxy) is 2. The third kappa shape index (κ3) is 4.04. The van der Waals surface area contributed by atoms with E-state index in [-0.39, 0.29) is 12.4 Å². The van der Waals surface area contributed by atoms with E-state index in [0.29, 0.717) is 12.7 Å².